The number of amides is 1. The average Bonchev–Trinajstić information content (AvgIpc) is 3.19. The predicted molar refractivity (Wildman–Crippen MR) is 105 cm³/mol. The van der Waals surface area contributed by atoms with Gasteiger partial charge in [-0.25, -0.2) is 18.9 Å². The molecule has 0 fully saturated rings. The summed E-state index contributed by atoms with van der Waals surface area (Å²) in [7, 11) is 3.75. The summed E-state index contributed by atoms with van der Waals surface area (Å²) in [5.41, 5.74) is 1.09. The van der Waals surface area contributed by atoms with Gasteiger partial charge in [0, 0.05) is 24.8 Å². The van der Waals surface area contributed by atoms with Gasteiger partial charge >= 0.3 is 5.69 Å². The van der Waals surface area contributed by atoms with E-state index in [1.807, 2.05) is 19.0 Å². The van der Waals surface area contributed by atoms with E-state index in [9.17, 15) is 9.59 Å². The van der Waals surface area contributed by atoms with Crippen molar-refractivity contribution in [3.8, 4) is 0 Å². The molecule has 138 valence electrons. The normalized spacial score (nSPS) is 11.2. The van der Waals surface area contributed by atoms with Crippen LogP contribution < -0.4 is 15.9 Å². The Bertz CT molecular complexity index is 1210. The highest BCUT2D eigenvalue weighted by atomic mass is 35.5. The van der Waals surface area contributed by atoms with Crippen molar-refractivity contribution < 1.29 is 4.79 Å². The maximum atomic E-state index is 12.5. The van der Waals surface area contributed by atoms with Crippen molar-refractivity contribution in [2.24, 2.45) is 0 Å². The van der Waals surface area contributed by atoms with Crippen LogP contribution >= 0.6 is 22.9 Å². The van der Waals surface area contributed by atoms with Gasteiger partial charge in [0.05, 0.1) is 0 Å². The molecular weight excluding hydrogens is 390 g/mol. The van der Waals surface area contributed by atoms with Crippen LogP contribution in [0.25, 0.3) is 16.0 Å². The number of hydrogen-bond acceptors (Lipinski definition) is 7. The zero-order valence-corrected chi connectivity index (χ0v) is 16.0. The minimum absolute atomic E-state index is 0.218. The first-order valence-electron chi connectivity index (χ1n) is 7.90. The Labute approximate surface area is 161 Å². The number of halogens is 1. The fraction of sp³-hybridized carbons (Fsp3) is 0.188. The Hall–Kier alpha value is -2.98. The van der Waals surface area contributed by atoms with Crippen molar-refractivity contribution in [2.45, 2.75) is 6.54 Å². The molecule has 0 bridgehead atoms. The highest BCUT2D eigenvalue weighted by Gasteiger charge is 2.17. The first-order chi connectivity index (χ1) is 12.9. The third kappa shape index (κ3) is 3.24. The van der Waals surface area contributed by atoms with Gasteiger partial charge in [0.2, 0.25) is 5.91 Å². The van der Waals surface area contributed by atoms with Crippen molar-refractivity contribution >= 4 is 55.7 Å². The third-order valence-corrected chi connectivity index (χ3v) is 5.23. The third-order valence-electron chi connectivity index (χ3n) is 3.77. The highest BCUT2D eigenvalue weighted by molar-refractivity contribution is 7.22. The van der Waals surface area contributed by atoms with Crippen LogP contribution in [0.4, 0.5) is 10.8 Å². The van der Waals surface area contributed by atoms with E-state index in [2.05, 4.69) is 20.4 Å². The summed E-state index contributed by atoms with van der Waals surface area (Å²) in [6.07, 6.45) is 1.37. The largest absolute Gasteiger partial charge is 0.354 e. The monoisotopic (exact) mass is 403 g/mol. The quantitative estimate of drug-likeness (QED) is 0.558. The molecule has 4 aromatic rings. The molecule has 0 radical (unpaired) electrons. The second kappa shape index (κ2) is 6.63. The van der Waals surface area contributed by atoms with E-state index in [0.29, 0.717) is 26.7 Å². The van der Waals surface area contributed by atoms with Crippen LogP contribution in [0, 0.1) is 0 Å². The van der Waals surface area contributed by atoms with Crippen LogP contribution in [-0.4, -0.2) is 44.2 Å². The molecule has 0 unspecified atom stereocenters. The summed E-state index contributed by atoms with van der Waals surface area (Å²) in [5, 5.41) is 8.34. The minimum atomic E-state index is -0.439. The summed E-state index contributed by atoms with van der Waals surface area (Å²) >= 11 is 7.21. The molecule has 0 saturated heterocycles. The van der Waals surface area contributed by atoms with Gasteiger partial charge in [0.25, 0.3) is 0 Å². The summed E-state index contributed by atoms with van der Waals surface area (Å²) in [6, 6.07) is 6.70. The standard InChI is InChI=1S/C16H14ClN7O2S/c1-22(2)15-20-13-12(27-15)14-21-24(16(26)23(14)8-18-13)7-11(25)19-10-5-3-9(17)4-6-10/h3-6,8H,7H2,1-2H3,(H,19,25). The molecule has 27 heavy (non-hydrogen) atoms. The van der Waals surface area contributed by atoms with Crippen LogP contribution in [0.1, 0.15) is 0 Å². The van der Waals surface area contributed by atoms with E-state index >= 15 is 0 Å². The molecule has 1 aromatic carbocycles. The van der Waals surface area contributed by atoms with Gasteiger partial charge in [-0.15, -0.1) is 5.10 Å². The van der Waals surface area contributed by atoms with E-state index < -0.39 is 5.69 Å². The van der Waals surface area contributed by atoms with Gasteiger partial charge in [0.1, 0.15) is 17.6 Å². The van der Waals surface area contributed by atoms with Gasteiger partial charge in [-0.2, -0.15) is 4.98 Å². The number of hydrogen-bond donors (Lipinski definition) is 1. The SMILES string of the molecule is CN(C)c1nc2ncn3c(=O)n(CC(=O)Nc4ccc(Cl)cc4)nc3c2s1. The van der Waals surface area contributed by atoms with E-state index in [-0.39, 0.29) is 12.5 Å². The summed E-state index contributed by atoms with van der Waals surface area (Å²) < 4.78 is 3.11. The fourth-order valence-electron chi connectivity index (χ4n) is 2.49. The molecule has 0 aliphatic carbocycles. The molecule has 1 N–H and O–H groups in total. The van der Waals surface area contributed by atoms with Gasteiger partial charge in [-0.05, 0) is 24.3 Å². The number of thiazole rings is 1. The number of anilines is 2. The van der Waals surface area contributed by atoms with Crippen molar-refractivity contribution in [2.75, 3.05) is 24.3 Å². The number of nitrogens with one attached hydrogen (secondary N) is 1. The summed E-state index contributed by atoms with van der Waals surface area (Å²) in [4.78, 5) is 35.3. The maximum absolute atomic E-state index is 12.5. The number of nitrogens with zero attached hydrogens (tertiary/aromatic N) is 6. The second-order valence-corrected chi connectivity index (χ2v) is 7.39. The Balaban J connectivity index is 1.66. The first-order valence-corrected chi connectivity index (χ1v) is 9.09. The average molecular weight is 404 g/mol. The molecule has 0 aliphatic heterocycles. The predicted octanol–water partition coefficient (Wildman–Crippen LogP) is 1.86. The Morgan fingerprint density at radius 3 is 2.74 bits per heavy atom. The number of aromatic nitrogens is 5. The number of benzene rings is 1. The smallest absolute Gasteiger partial charge is 0.352 e. The lowest BCUT2D eigenvalue weighted by atomic mass is 10.3. The topological polar surface area (TPSA) is 97.4 Å². The summed E-state index contributed by atoms with van der Waals surface area (Å²) in [6.45, 7) is -0.218. The van der Waals surface area contributed by atoms with E-state index in [0.717, 1.165) is 9.81 Å². The molecule has 4 rings (SSSR count). The van der Waals surface area contributed by atoms with Crippen LogP contribution in [0.5, 0.6) is 0 Å². The van der Waals surface area contributed by atoms with Crippen LogP contribution in [0.2, 0.25) is 5.02 Å². The molecule has 3 aromatic heterocycles. The molecular formula is C16H14ClN7O2S. The van der Waals surface area contributed by atoms with Gasteiger partial charge in [0.15, 0.2) is 16.4 Å². The molecule has 0 atom stereocenters. The van der Waals surface area contributed by atoms with Crippen molar-refractivity contribution in [1.29, 1.82) is 0 Å². The zero-order valence-electron chi connectivity index (χ0n) is 14.4. The first kappa shape index (κ1) is 17.4. The lowest BCUT2D eigenvalue weighted by Crippen LogP contribution is -2.28. The molecule has 1 amide bonds. The van der Waals surface area contributed by atoms with Gasteiger partial charge < -0.3 is 10.2 Å². The molecule has 11 heteroatoms. The Morgan fingerprint density at radius 2 is 2.04 bits per heavy atom. The minimum Gasteiger partial charge on any atom is -0.354 e. The van der Waals surface area contributed by atoms with Crippen LogP contribution in [0.15, 0.2) is 35.4 Å². The lowest BCUT2D eigenvalue weighted by Gasteiger charge is -2.04. The van der Waals surface area contributed by atoms with Crippen molar-refractivity contribution in [3.63, 3.8) is 0 Å². The molecule has 0 spiro atoms. The van der Waals surface area contributed by atoms with Crippen LogP contribution in [-0.2, 0) is 11.3 Å². The maximum Gasteiger partial charge on any atom is 0.352 e. The highest BCUT2D eigenvalue weighted by Crippen LogP contribution is 2.28. The van der Waals surface area contributed by atoms with Crippen molar-refractivity contribution in [3.05, 3.63) is 46.1 Å². The number of fused-ring (bicyclic) bond motifs is 3. The molecule has 9 nitrogen and oxygen atoms in total. The van der Waals surface area contributed by atoms with Crippen molar-refractivity contribution in [1.82, 2.24) is 24.1 Å². The van der Waals surface area contributed by atoms with Crippen LogP contribution in [0.3, 0.4) is 0 Å². The number of carbonyl (C=O) groups is 1. The van der Waals surface area contributed by atoms with Gasteiger partial charge in [-0.1, -0.05) is 22.9 Å². The number of carbonyl (C=O) groups excluding carboxylic acids is 1. The van der Waals surface area contributed by atoms with E-state index in [4.69, 9.17) is 11.6 Å². The van der Waals surface area contributed by atoms with Gasteiger partial charge in [-0.3, -0.25) is 4.79 Å². The number of rotatable bonds is 4. The second-order valence-electron chi connectivity index (χ2n) is 5.98. The lowest BCUT2D eigenvalue weighted by molar-refractivity contribution is -0.117. The molecule has 0 aliphatic rings. The summed E-state index contributed by atoms with van der Waals surface area (Å²) in [5.74, 6) is -0.370. The van der Waals surface area contributed by atoms with E-state index in [1.165, 1.54) is 22.1 Å². The Kier molecular flexibility index (Phi) is 4.28. The Morgan fingerprint density at radius 1 is 1.30 bits per heavy atom. The molecule has 0 saturated carbocycles. The fourth-order valence-corrected chi connectivity index (χ4v) is 3.53. The van der Waals surface area contributed by atoms with E-state index in [1.54, 1.807) is 24.3 Å². The zero-order chi connectivity index (χ0) is 19.1. The molecule has 3 heterocycles.